The highest BCUT2D eigenvalue weighted by molar-refractivity contribution is 5.83. The first-order chi connectivity index (χ1) is 6.79. The van der Waals surface area contributed by atoms with Gasteiger partial charge in [-0.05, 0) is 31.6 Å². The zero-order chi connectivity index (χ0) is 10.4. The fourth-order valence-corrected chi connectivity index (χ4v) is 2.11. The standard InChI is InChI=1S/C12H17NO/c1-2-3-6-10-7-4-5-8-12(14)11(10)9-13/h2,10-11H,1,3-8H2. The van der Waals surface area contributed by atoms with E-state index in [0.29, 0.717) is 6.42 Å². The first-order valence-corrected chi connectivity index (χ1v) is 5.32. The first-order valence-electron chi connectivity index (χ1n) is 5.32. The minimum Gasteiger partial charge on any atom is -0.298 e. The topological polar surface area (TPSA) is 40.9 Å². The number of rotatable bonds is 3. The van der Waals surface area contributed by atoms with Crippen molar-refractivity contribution < 1.29 is 4.79 Å². The Balaban J connectivity index is 2.63. The Hall–Kier alpha value is -1.10. The summed E-state index contributed by atoms with van der Waals surface area (Å²) in [5, 5.41) is 8.96. The van der Waals surface area contributed by atoms with Crippen molar-refractivity contribution in [2.24, 2.45) is 11.8 Å². The van der Waals surface area contributed by atoms with E-state index >= 15 is 0 Å². The van der Waals surface area contributed by atoms with Gasteiger partial charge in [-0.15, -0.1) is 6.58 Å². The Morgan fingerprint density at radius 1 is 1.57 bits per heavy atom. The summed E-state index contributed by atoms with van der Waals surface area (Å²) in [7, 11) is 0. The summed E-state index contributed by atoms with van der Waals surface area (Å²) in [6.45, 7) is 3.67. The first kappa shape index (κ1) is 11.0. The van der Waals surface area contributed by atoms with Crippen molar-refractivity contribution in [1.82, 2.24) is 0 Å². The molecule has 0 N–H and O–H groups in total. The van der Waals surface area contributed by atoms with Crippen molar-refractivity contribution in [3.63, 3.8) is 0 Å². The van der Waals surface area contributed by atoms with Gasteiger partial charge in [0, 0.05) is 6.42 Å². The predicted octanol–water partition coefficient (Wildman–Crippen LogP) is 2.85. The van der Waals surface area contributed by atoms with Gasteiger partial charge in [-0.1, -0.05) is 12.5 Å². The molecular formula is C12H17NO. The van der Waals surface area contributed by atoms with Gasteiger partial charge in [0.1, 0.15) is 11.7 Å². The molecule has 0 bridgehead atoms. The van der Waals surface area contributed by atoms with Crippen LogP contribution in [0.5, 0.6) is 0 Å². The highest BCUT2D eigenvalue weighted by Crippen LogP contribution is 2.29. The molecule has 76 valence electrons. The van der Waals surface area contributed by atoms with Gasteiger partial charge in [0.15, 0.2) is 0 Å². The van der Waals surface area contributed by atoms with E-state index in [1.165, 1.54) is 0 Å². The normalized spacial score (nSPS) is 27.8. The summed E-state index contributed by atoms with van der Waals surface area (Å²) in [4.78, 5) is 11.6. The van der Waals surface area contributed by atoms with Crippen LogP contribution < -0.4 is 0 Å². The minimum atomic E-state index is -0.350. The smallest absolute Gasteiger partial charge is 0.150 e. The van der Waals surface area contributed by atoms with E-state index in [2.05, 4.69) is 12.6 Å². The molecule has 1 rings (SSSR count). The number of allylic oxidation sites excluding steroid dienone is 1. The zero-order valence-corrected chi connectivity index (χ0v) is 8.54. The van der Waals surface area contributed by atoms with Crippen LogP contribution in [0.1, 0.15) is 38.5 Å². The number of hydrogen-bond donors (Lipinski definition) is 0. The lowest BCUT2D eigenvalue weighted by Gasteiger charge is -2.16. The number of carbonyl (C=O) groups is 1. The summed E-state index contributed by atoms with van der Waals surface area (Å²) in [6.07, 6.45) is 7.39. The summed E-state index contributed by atoms with van der Waals surface area (Å²) in [5.74, 6) is 0.0736. The van der Waals surface area contributed by atoms with Crippen LogP contribution in [-0.2, 0) is 4.79 Å². The molecule has 0 aromatic carbocycles. The SMILES string of the molecule is C=CCCC1CCCCC(=O)C1C#N. The fraction of sp³-hybridized carbons (Fsp3) is 0.667. The van der Waals surface area contributed by atoms with E-state index in [4.69, 9.17) is 5.26 Å². The molecule has 0 aliphatic heterocycles. The summed E-state index contributed by atoms with van der Waals surface area (Å²) in [6, 6.07) is 2.17. The number of carbonyl (C=O) groups excluding carboxylic acids is 1. The molecule has 0 aromatic heterocycles. The van der Waals surface area contributed by atoms with Crippen LogP contribution in [0.4, 0.5) is 0 Å². The van der Waals surface area contributed by atoms with E-state index in [0.717, 1.165) is 32.1 Å². The van der Waals surface area contributed by atoms with Crippen LogP contribution in [0.15, 0.2) is 12.7 Å². The van der Waals surface area contributed by atoms with Crippen molar-refractivity contribution in [2.75, 3.05) is 0 Å². The number of nitrogens with zero attached hydrogens (tertiary/aromatic N) is 1. The highest BCUT2D eigenvalue weighted by Gasteiger charge is 2.29. The maximum atomic E-state index is 11.6. The molecule has 14 heavy (non-hydrogen) atoms. The predicted molar refractivity (Wildman–Crippen MR) is 55.5 cm³/mol. The Morgan fingerprint density at radius 3 is 3.00 bits per heavy atom. The van der Waals surface area contributed by atoms with Crippen LogP contribution in [0.25, 0.3) is 0 Å². The number of ketones is 1. The molecule has 0 radical (unpaired) electrons. The minimum absolute atomic E-state index is 0.152. The monoisotopic (exact) mass is 191 g/mol. The van der Waals surface area contributed by atoms with Gasteiger partial charge in [-0.2, -0.15) is 5.26 Å². The summed E-state index contributed by atoms with van der Waals surface area (Å²) < 4.78 is 0. The second-order valence-electron chi connectivity index (χ2n) is 3.94. The molecule has 0 saturated heterocycles. The average Bonchev–Trinajstić information content (AvgIpc) is 2.36. The van der Waals surface area contributed by atoms with Gasteiger partial charge in [0.05, 0.1) is 6.07 Å². The quantitative estimate of drug-likeness (QED) is 0.508. The van der Waals surface area contributed by atoms with E-state index in [1.807, 2.05) is 6.08 Å². The highest BCUT2D eigenvalue weighted by atomic mass is 16.1. The van der Waals surface area contributed by atoms with Crippen molar-refractivity contribution in [3.05, 3.63) is 12.7 Å². The molecule has 2 nitrogen and oxygen atoms in total. The van der Waals surface area contributed by atoms with Crippen LogP contribution >= 0.6 is 0 Å². The molecular weight excluding hydrogens is 174 g/mol. The number of nitriles is 1. The summed E-state index contributed by atoms with van der Waals surface area (Å²) in [5.41, 5.74) is 0. The molecule has 0 spiro atoms. The molecule has 2 heteroatoms. The van der Waals surface area contributed by atoms with Gasteiger partial charge in [-0.3, -0.25) is 4.79 Å². The molecule has 0 aromatic rings. The van der Waals surface area contributed by atoms with E-state index in [-0.39, 0.29) is 17.6 Å². The maximum absolute atomic E-state index is 11.6. The summed E-state index contributed by atoms with van der Waals surface area (Å²) >= 11 is 0. The van der Waals surface area contributed by atoms with Crippen molar-refractivity contribution in [2.45, 2.75) is 38.5 Å². The van der Waals surface area contributed by atoms with Crippen LogP contribution in [0, 0.1) is 23.2 Å². The van der Waals surface area contributed by atoms with Crippen molar-refractivity contribution >= 4 is 5.78 Å². The van der Waals surface area contributed by atoms with Gasteiger partial charge >= 0.3 is 0 Å². The van der Waals surface area contributed by atoms with Crippen LogP contribution in [-0.4, -0.2) is 5.78 Å². The average molecular weight is 191 g/mol. The van der Waals surface area contributed by atoms with Crippen molar-refractivity contribution in [3.8, 4) is 6.07 Å². The molecule has 2 atom stereocenters. The van der Waals surface area contributed by atoms with Crippen LogP contribution in [0.3, 0.4) is 0 Å². The Bertz CT molecular complexity index is 252. The molecule has 1 saturated carbocycles. The van der Waals surface area contributed by atoms with Crippen molar-refractivity contribution in [1.29, 1.82) is 5.26 Å². The van der Waals surface area contributed by atoms with Gasteiger partial charge in [-0.25, -0.2) is 0 Å². The van der Waals surface area contributed by atoms with E-state index < -0.39 is 0 Å². The van der Waals surface area contributed by atoms with Gasteiger partial charge in [0.25, 0.3) is 0 Å². The third kappa shape index (κ3) is 2.70. The lowest BCUT2D eigenvalue weighted by molar-refractivity contribution is -0.122. The van der Waals surface area contributed by atoms with Crippen LogP contribution in [0.2, 0.25) is 0 Å². The molecule has 0 amide bonds. The Morgan fingerprint density at radius 2 is 2.36 bits per heavy atom. The second-order valence-corrected chi connectivity index (χ2v) is 3.94. The molecule has 1 aliphatic rings. The zero-order valence-electron chi connectivity index (χ0n) is 8.54. The third-order valence-electron chi connectivity index (χ3n) is 2.95. The number of Topliss-reactive ketones (excluding diaryl/α,β-unsaturated/α-hetero) is 1. The van der Waals surface area contributed by atoms with Gasteiger partial charge in [0.2, 0.25) is 0 Å². The Labute approximate surface area is 85.6 Å². The van der Waals surface area contributed by atoms with E-state index in [9.17, 15) is 4.79 Å². The molecule has 2 unspecified atom stereocenters. The third-order valence-corrected chi connectivity index (χ3v) is 2.95. The van der Waals surface area contributed by atoms with Gasteiger partial charge < -0.3 is 0 Å². The second kappa shape index (κ2) is 5.59. The largest absolute Gasteiger partial charge is 0.298 e. The number of hydrogen-bond acceptors (Lipinski definition) is 2. The molecule has 1 fully saturated rings. The molecule has 0 heterocycles. The maximum Gasteiger partial charge on any atom is 0.150 e. The van der Waals surface area contributed by atoms with E-state index in [1.54, 1.807) is 0 Å². The lowest BCUT2D eigenvalue weighted by atomic mass is 9.85. The Kier molecular flexibility index (Phi) is 4.39. The fourth-order valence-electron chi connectivity index (χ4n) is 2.11. The lowest BCUT2D eigenvalue weighted by Crippen LogP contribution is -2.20. The molecule has 1 aliphatic carbocycles.